The van der Waals surface area contributed by atoms with E-state index < -0.39 is 22.3 Å². The topological polar surface area (TPSA) is 43.1 Å². The Morgan fingerprint density at radius 2 is 2.10 bits per heavy atom. The maximum Gasteiger partial charge on any atom is 0.255 e. The first kappa shape index (κ1) is 8.07. The number of hydrogen-bond donors (Lipinski definition) is 1. The van der Waals surface area contributed by atoms with Gasteiger partial charge in [-0.2, -0.15) is 0 Å². The van der Waals surface area contributed by atoms with Crippen molar-refractivity contribution >= 4 is 11.0 Å². The highest BCUT2D eigenvalue weighted by Gasteiger charge is 2.68. The van der Waals surface area contributed by atoms with Crippen LogP contribution >= 0.6 is 0 Å². The van der Waals surface area contributed by atoms with E-state index in [-0.39, 0.29) is 12.2 Å². The summed E-state index contributed by atoms with van der Waals surface area (Å²) in [6.45, 7) is 1.40. The average Bonchev–Trinajstić information content (AvgIpc) is 2.01. The first-order valence-electron chi connectivity index (χ1n) is 2.88. The highest BCUT2D eigenvalue weighted by atomic mass is 32.2. The molecule has 0 amide bonds. The Bertz CT molecular complexity index is 184. The first-order chi connectivity index (χ1) is 4.37. The molecule has 0 aromatic heterocycles. The van der Waals surface area contributed by atoms with Gasteiger partial charge in [0.1, 0.15) is 0 Å². The molecule has 0 radical (unpaired) electrons. The summed E-state index contributed by atoms with van der Waals surface area (Å²) in [7, 11) is -1.60. The quantitative estimate of drug-likeness (QED) is 0.648. The zero-order chi connectivity index (χ0) is 7.99. The Morgan fingerprint density at radius 1 is 1.70 bits per heavy atom. The maximum absolute atomic E-state index is 12.4. The molecule has 1 rings (SSSR count). The Labute approximate surface area is 60.4 Å². The molecule has 10 heavy (non-hydrogen) atoms. The SMILES string of the molecule is CC1(CS(N)=O)CC1(F)F. The molecule has 1 saturated carbocycles. The van der Waals surface area contributed by atoms with Crippen molar-refractivity contribution in [2.45, 2.75) is 19.3 Å². The van der Waals surface area contributed by atoms with E-state index in [4.69, 9.17) is 5.14 Å². The van der Waals surface area contributed by atoms with Gasteiger partial charge in [0.25, 0.3) is 5.92 Å². The lowest BCUT2D eigenvalue weighted by Gasteiger charge is -2.05. The zero-order valence-electron chi connectivity index (χ0n) is 5.56. The van der Waals surface area contributed by atoms with E-state index >= 15 is 0 Å². The minimum Gasteiger partial charge on any atom is -0.252 e. The minimum atomic E-state index is -2.64. The number of alkyl halides is 2. The molecule has 0 heterocycles. The van der Waals surface area contributed by atoms with Crippen LogP contribution in [0, 0.1) is 5.41 Å². The second kappa shape index (κ2) is 1.98. The number of halogens is 2. The van der Waals surface area contributed by atoms with Gasteiger partial charge in [0, 0.05) is 17.6 Å². The van der Waals surface area contributed by atoms with E-state index in [9.17, 15) is 13.0 Å². The molecule has 60 valence electrons. The van der Waals surface area contributed by atoms with E-state index in [2.05, 4.69) is 0 Å². The van der Waals surface area contributed by atoms with E-state index in [0.717, 1.165) is 0 Å². The van der Waals surface area contributed by atoms with Crippen molar-refractivity contribution in [3.05, 3.63) is 0 Å². The molecular weight excluding hydrogens is 160 g/mol. The predicted octanol–water partition coefficient (Wildman–Crippen LogP) is 0.654. The molecule has 2 unspecified atom stereocenters. The molecule has 2 N–H and O–H groups in total. The van der Waals surface area contributed by atoms with Crippen molar-refractivity contribution in [3.8, 4) is 0 Å². The van der Waals surface area contributed by atoms with E-state index in [1.807, 2.05) is 0 Å². The molecule has 1 fully saturated rings. The maximum atomic E-state index is 12.4. The number of hydrogen-bond acceptors (Lipinski definition) is 1. The largest absolute Gasteiger partial charge is 0.255 e. The minimum absolute atomic E-state index is 0.0972. The Morgan fingerprint density at radius 3 is 2.20 bits per heavy atom. The lowest BCUT2D eigenvalue weighted by atomic mass is 10.2. The second-order valence-electron chi connectivity index (χ2n) is 2.97. The summed E-state index contributed by atoms with van der Waals surface area (Å²) in [6, 6.07) is 0. The van der Waals surface area contributed by atoms with Crippen LogP contribution in [-0.4, -0.2) is 15.9 Å². The van der Waals surface area contributed by atoms with Gasteiger partial charge in [-0.25, -0.2) is 13.0 Å². The van der Waals surface area contributed by atoms with Crippen molar-refractivity contribution in [1.82, 2.24) is 0 Å². The fourth-order valence-electron chi connectivity index (χ4n) is 0.916. The van der Waals surface area contributed by atoms with E-state index in [1.165, 1.54) is 6.92 Å². The molecule has 1 aliphatic rings. The van der Waals surface area contributed by atoms with Crippen molar-refractivity contribution in [2.75, 3.05) is 5.75 Å². The van der Waals surface area contributed by atoms with Gasteiger partial charge in [-0.15, -0.1) is 0 Å². The van der Waals surface area contributed by atoms with Crippen LogP contribution in [-0.2, 0) is 11.0 Å². The third-order valence-corrected chi connectivity index (χ3v) is 2.75. The third-order valence-electron chi connectivity index (χ3n) is 1.83. The third kappa shape index (κ3) is 1.20. The van der Waals surface area contributed by atoms with Crippen LogP contribution in [0.1, 0.15) is 13.3 Å². The van der Waals surface area contributed by atoms with Gasteiger partial charge in [0.15, 0.2) is 0 Å². The summed E-state index contributed by atoms with van der Waals surface area (Å²) in [5.41, 5.74) is -1.09. The smallest absolute Gasteiger partial charge is 0.252 e. The number of nitrogens with two attached hydrogens (primary N) is 1. The lowest BCUT2D eigenvalue weighted by Crippen LogP contribution is -2.20. The van der Waals surface area contributed by atoms with Gasteiger partial charge in [0.05, 0.1) is 11.0 Å². The molecule has 0 aromatic rings. The molecule has 1 aliphatic carbocycles. The molecule has 0 bridgehead atoms. The van der Waals surface area contributed by atoms with Crippen LogP contribution < -0.4 is 5.14 Å². The van der Waals surface area contributed by atoms with E-state index in [1.54, 1.807) is 0 Å². The van der Waals surface area contributed by atoms with Crippen molar-refractivity contribution in [2.24, 2.45) is 10.6 Å². The molecule has 0 aliphatic heterocycles. The fourth-order valence-corrected chi connectivity index (χ4v) is 1.86. The van der Waals surface area contributed by atoms with E-state index in [0.29, 0.717) is 0 Å². The number of rotatable bonds is 2. The van der Waals surface area contributed by atoms with Crippen LogP contribution in [0.5, 0.6) is 0 Å². The van der Waals surface area contributed by atoms with Crippen molar-refractivity contribution < 1.29 is 13.0 Å². The van der Waals surface area contributed by atoms with Crippen LogP contribution in [0.3, 0.4) is 0 Å². The fraction of sp³-hybridized carbons (Fsp3) is 1.00. The van der Waals surface area contributed by atoms with Gasteiger partial charge in [-0.3, -0.25) is 5.14 Å². The highest BCUT2D eigenvalue weighted by molar-refractivity contribution is 7.82. The molecule has 0 spiro atoms. The van der Waals surface area contributed by atoms with Crippen molar-refractivity contribution in [3.63, 3.8) is 0 Å². The lowest BCUT2D eigenvalue weighted by molar-refractivity contribution is 0.0773. The summed E-state index contributed by atoms with van der Waals surface area (Å²) in [5, 5.41) is 4.88. The van der Waals surface area contributed by atoms with Gasteiger partial charge < -0.3 is 0 Å². The van der Waals surface area contributed by atoms with Crippen molar-refractivity contribution in [1.29, 1.82) is 0 Å². The van der Waals surface area contributed by atoms with Crippen LogP contribution in [0.25, 0.3) is 0 Å². The molecule has 2 atom stereocenters. The summed E-state index contributed by atoms with van der Waals surface area (Å²) in [5.74, 6) is -2.73. The summed E-state index contributed by atoms with van der Waals surface area (Å²) in [6.07, 6.45) is -0.178. The Kier molecular flexibility index (Phi) is 1.60. The molecule has 5 heteroatoms. The summed E-state index contributed by atoms with van der Waals surface area (Å²) >= 11 is 0. The van der Waals surface area contributed by atoms with Crippen LogP contribution in [0.15, 0.2) is 0 Å². The van der Waals surface area contributed by atoms with Gasteiger partial charge in [0.2, 0.25) is 0 Å². The van der Waals surface area contributed by atoms with Crippen LogP contribution in [0.2, 0.25) is 0 Å². The summed E-state index contributed by atoms with van der Waals surface area (Å²) < 4.78 is 35.0. The summed E-state index contributed by atoms with van der Waals surface area (Å²) in [4.78, 5) is 0. The van der Waals surface area contributed by atoms with Gasteiger partial charge >= 0.3 is 0 Å². The monoisotopic (exact) mass is 169 g/mol. The zero-order valence-corrected chi connectivity index (χ0v) is 6.38. The normalized spacial score (nSPS) is 39.2. The Balaban J connectivity index is 2.52. The molecular formula is C5H9F2NOS. The highest BCUT2D eigenvalue weighted by Crippen LogP contribution is 2.60. The first-order valence-corrected chi connectivity index (χ1v) is 4.26. The standard InChI is InChI=1S/C5H9F2NOS/c1-4(3-10(8)9)2-5(4,6)7/h2-3,8H2,1H3. The molecule has 2 nitrogen and oxygen atoms in total. The Hall–Kier alpha value is -0.0300. The molecule has 0 aromatic carbocycles. The van der Waals surface area contributed by atoms with Gasteiger partial charge in [-0.1, -0.05) is 6.92 Å². The molecule has 0 saturated heterocycles. The van der Waals surface area contributed by atoms with Gasteiger partial charge in [-0.05, 0) is 0 Å². The predicted molar refractivity (Wildman–Crippen MR) is 34.9 cm³/mol. The average molecular weight is 169 g/mol. The second-order valence-corrected chi connectivity index (χ2v) is 4.02. The van der Waals surface area contributed by atoms with Crippen LogP contribution in [0.4, 0.5) is 8.78 Å².